The molecule has 0 aliphatic carbocycles. The van der Waals surface area contributed by atoms with Crippen LogP contribution in [-0.4, -0.2) is 11.9 Å². The van der Waals surface area contributed by atoms with Crippen molar-refractivity contribution >= 4 is 32.6 Å². The first kappa shape index (κ1) is 20.9. The van der Waals surface area contributed by atoms with E-state index in [9.17, 15) is 9.59 Å². The topological polar surface area (TPSA) is 52.6 Å². The van der Waals surface area contributed by atoms with Gasteiger partial charge in [-0.25, -0.2) is 0 Å². The normalized spacial score (nSPS) is 12.6. The molecule has 0 saturated carbocycles. The van der Waals surface area contributed by atoms with Crippen molar-refractivity contribution in [1.29, 1.82) is 0 Å². The summed E-state index contributed by atoms with van der Waals surface area (Å²) in [4.78, 5) is 24.8. The number of rotatable bonds is 3. The Kier molecular flexibility index (Phi) is 6.47. The van der Waals surface area contributed by atoms with Crippen LogP contribution in [0, 0.1) is 35.2 Å². The van der Waals surface area contributed by atoms with E-state index in [4.69, 9.17) is 6.13 Å². The Morgan fingerprint density at radius 3 is 1.42 bits per heavy atom. The van der Waals surface area contributed by atoms with Crippen molar-refractivity contribution in [3.63, 3.8) is 0 Å². The van der Waals surface area contributed by atoms with Crippen molar-refractivity contribution < 1.29 is 15.7 Å². The van der Waals surface area contributed by atoms with E-state index in [1.807, 2.05) is 32.9 Å². The molecule has 0 amide bonds. The average molecular weight is 448 g/mol. The number of aryl methyl sites for hydroxylation is 3. The second-order valence-electron chi connectivity index (χ2n) is 8.16. The van der Waals surface area contributed by atoms with Crippen LogP contribution >= 0.6 is 20.6 Å². The van der Waals surface area contributed by atoms with Crippen molar-refractivity contribution in [3.8, 4) is 0 Å². The van der Waals surface area contributed by atoms with Gasteiger partial charge < -0.3 is 0 Å². The molecule has 0 spiro atoms. The van der Waals surface area contributed by atoms with Gasteiger partial charge in [-0.05, 0) is 0 Å². The van der Waals surface area contributed by atoms with Crippen LogP contribution in [-0.2, 0) is 15.7 Å². The summed E-state index contributed by atoms with van der Waals surface area (Å²) in [6, 6.07) is 4.06. The minimum absolute atomic E-state index is 0.339. The van der Waals surface area contributed by atoms with Gasteiger partial charge in [-0.2, -0.15) is 0 Å². The van der Waals surface area contributed by atoms with Crippen molar-refractivity contribution in [2.24, 2.45) is 10.8 Å². The molecule has 5 heteroatoms. The van der Waals surface area contributed by atoms with Crippen LogP contribution in [0.1, 0.15) is 58.2 Å². The predicted molar refractivity (Wildman–Crippen MR) is 104 cm³/mol. The molecule has 4 nitrogen and oxygen atoms in total. The van der Waals surface area contributed by atoms with Gasteiger partial charge in [0, 0.05) is 0 Å². The van der Waals surface area contributed by atoms with Crippen molar-refractivity contribution in [1.82, 2.24) is 0 Å². The number of halogens is 1. The fourth-order valence-corrected chi connectivity index (χ4v) is 6.14. The summed E-state index contributed by atoms with van der Waals surface area (Å²) in [6.07, 6.45) is 0. The molecule has 24 heavy (non-hydrogen) atoms. The zero-order valence-electron chi connectivity index (χ0n) is 16.2. The van der Waals surface area contributed by atoms with Gasteiger partial charge in [0.25, 0.3) is 0 Å². The molecular formula is C19H29IO4. The molecule has 0 fully saturated rings. The summed E-state index contributed by atoms with van der Waals surface area (Å²) in [7, 11) is 0. The summed E-state index contributed by atoms with van der Waals surface area (Å²) < 4.78 is 12.4. The molecule has 0 aliphatic rings. The summed E-state index contributed by atoms with van der Waals surface area (Å²) >= 11 is -2.92. The van der Waals surface area contributed by atoms with E-state index in [0.29, 0.717) is 0 Å². The van der Waals surface area contributed by atoms with Gasteiger partial charge in [-0.3, -0.25) is 0 Å². The Hall–Kier alpha value is -1.11. The Labute approximate surface area is 153 Å². The summed E-state index contributed by atoms with van der Waals surface area (Å²) in [6.45, 7) is 16.7. The summed E-state index contributed by atoms with van der Waals surface area (Å²) in [5.41, 5.74) is 1.85. The third-order valence-corrected chi connectivity index (χ3v) is 7.42. The number of carbonyl (C=O) groups excluding carboxylic acids is 2. The van der Waals surface area contributed by atoms with Crippen LogP contribution in [0.25, 0.3) is 0 Å². The van der Waals surface area contributed by atoms with Crippen molar-refractivity contribution in [3.05, 3.63) is 32.4 Å². The maximum atomic E-state index is 12.4. The first-order valence-corrected chi connectivity index (χ1v) is 10.8. The van der Waals surface area contributed by atoms with Gasteiger partial charge in [0.15, 0.2) is 0 Å². The van der Waals surface area contributed by atoms with Gasteiger partial charge in [0.1, 0.15) is 0 Å². The van der Waals surface area contributed by atoms with E-state index in [-0.39, 0.29) is 11.9 Å². The molecule has 0 N–H and O–H groups in total. The fourth-order valence-electron chi connectivity index (χ4n) is 1.86. The number of hydrogen-bond acceptors (Lipinski definition) is 4. The van der Waals surface area contributed by atoms with Gasteiger partial charge in [-0.15, -0.1) is 0 Å². The molecule has 1 aromatic rings. The van der Waals surface area contributed by atoms with Gasteiger partial charge in [-0.1, -0.05) is 0 Å². The Balaban J connectivity index is 3.29. The number of carbonyl (C=O) groups is 2. The molecule has 0 atom stereocenters. The molecule has 0 unspecified atom stereocenters. The Bertz CT molecular complexity index is 585. The molecule has 1 rings (SSSR count). The number of benzene rings is 1. The molecule has 0 aliphatic heterocycles. The molecule has 0 heterocycles. The van der Waals surface area contributed by atoms with E-state index < -0.39 is 31.5 Å². The van der Waals surface area contributed by atoms with E-state index in [1.54, 1.807) is 41.5 Å². The Morgan fingerprint density at radius 1 is 0.792 bits per heavy atom. The zero-order chi connectivity index (χ0) is 18.9. The SMILES string of the molecule is Cc1cc(C)c(I(OC(=O)C(C)(C)C)OC(=O)C(C)(C)C)c(C)c1. The van der Waals surface area contributed by atoms with E-state index in [0.717, 1.165) is 20.3 Å². The average Bonchev–Trinajstić information content (AvgIpc) is 2.34. The van der Waals surface area contributed by atoms with Crippen LogP contribution in [0.4, 0.5) is 0 Å². The van der Waals surface area contributed by atoms with E-state index in [1.165, 1.54) is 0 Å². The maximum absolute atomic E-state index is 12.4. The van der Waals surface area contributed by atoms with Crippen LogP contribution < -0.4 is 0 Å². The molecule has 0 radical (unpaired) electrons. The molecule has 0 saturated heterocycles. The van der Waals surface area contributed by atoms with Gasteiger partial charge in [0.2, 0.25) is 0 Å². The summed E-state index contributed by atoms with van der Waals surface area (Å²) in [5.74, 6) is -0.678. The molecule has 1 aromatic carbocycles. The zero-order valence-corrected chi connectivity index (χ0v) is 18.3. The molecule has 136 valence electrons. The van der Waals surface area contributed by atoms with Crippen LogP contribution in [0.5, 0.6) is 0 Å². The third kappa shape index (κ3) is 5.46. The van der Waals surface area contributed by atoms with Crippen molar-refractivity contribution in [2.45, 2.75) is 62.3 Å². The van der Waals surface area contributed by atoms with Crippen LogP contribution in [0.3, 0.4) is 0 Å². The standard InChI is InChI=1S/C19H29IO4/c1-12-10-13(2)15(14(3)11-12)20(23-16(21)18(4,5)6)24-17(22)19(7,8)9/h10-11H,1-9H3. The first-order chi connectivity index (χ1) is 10.7. The Morgan fingerprint density at radius 2 is 1.12 bits per heavy atom. The van der Waals surface area contributed by atoms with Gasteiger partial charge in [0.05, 0.1) is 0 Å². The molecule has 0 aromatic heterocycles. The fraction of sp³-hybridized carbons (Fsp3) is 0.579. The quantitative estimate of drug-likeness (QED) is 0.590. The third-order valence-electron chi connectivity index (χ3n) is 3.24. The second-order valence-corrected chi connectivity index (χ2v) is 11.4. The molecular weight excluding hydrogens is 419 g/mol. The van der Waals surface area contributed by atoms with Crippen LogP contribution in [0.15, 0.2) is 12.1 Å². The van der Waals surface area contributed by atoms with E-state index in [2.05, 4.69) is 0 Å². The summed E-state index contributed by atoms with van der Waals surface area (Å²) in [5, 5.41) is 0. The second kappa shape index (κ2) is 7.42. The predicted octanol–water partition coefficient (Wildman–Crippen LogP) is 5.30. The minimum atomic E-state index is -2.92. The monoisotopic (exact) mass is 448 g/mol. The molecule has 0 bridgehead atoms. The van der Waals surface area contributed by atoms with Crippen molar-refractivity contribution in [2.75, 3.05) is 0 Å². The number of hydrogen-bond donors (Lipinski definition) is 0. The van der Waals surface area contributed by atoms with E-state index >= 15 is 0 Å². The first-order valence-electron chi connectivity index (χ1n) is 7.97. The van der Waals surface area contributed by atoms with Crippen LogP contribution in [0.2, 0.25) is 0 Å². The van der Waals surface area contributed by atoms with Gasteiger partial charge >= 0.3 is 154 Å².